The minimum atomic E-state index is -0.185. The molecule has 1 aromatic heterocycles. The van der Waals surface area contributed by atoms with Gasteiger partial charge in [0, 0.05) is 24.5 Å². The van der Waals surface area contributed by atoms with Gasteiger partial charge in [-0.3, -0.25) is 14.5 Å². The van der Waals surface area contributed by atoms with Crippen LogP contribution in [0.2, 0.25) is 0 Å². The first-order valence-corrected chi connectivity index (χ1v) is 9.64. The predicted octanol–water partition coefficient (Wildman–Crippen LogP) is 2.40. The molecule has 6 heteroatoms. The van der Waals surface area contributed by atoms with E-state index in [0.29, 0.717) is 50.5 Å². The maximum absolute atomic E-state index is 13.1. The van der Waals surface area contributed by atoms with Gasteiger partial charge >= 0.3 is 0 Å². The van der Waals surface area contributed by atoms with Gasteiger partial charge in [0.25, 0.3) is 11.8 Å². The molecule has 2 aliphatic heterocycles. The van der Waals surface area contributed by atoms with E-state index in [1.54, 1.807) is 0 Å². The van der Waals surface area contributed by atoms with Gasteiger partial charge in [-0.25, -0.2) is 0 Å². The second-order valence-corrected chi connectivity index (χ2v) is 7.25. The zero-order valence-corrected chi connectivity index (χ0v) is 15.2. The number of carbonyl (C=O) groups is 2. The molecule has 4 rings (SSSR count). The van der Waals surface area contributed by atoms with Crippen LogP contribution in [0.3, 0.4) is 0 Å². The Labute approximate surface area is 156 Å². The van der Waals surface area contributed by atoms with Crippen molar-refractivity contribution in [2.24, 2.45) is 0 Å². The average Bonchev–Trinajstić information content (AvgIpc) is 3.28. The molecular formula is C20H20N2O3S. The van der Waals surface area contributed by atoms with E-state index in [0.717, 1.165) is 10.4 Å². The summed E-state index contributed by atoms with van der Waals surface area (Å²) in [5.41, 5.74) is 2.19. The monoisotopic (exact) mass is 368 g/mol. The minimum Gasteiger partial charge on any atom is -0.378 e. The fourth-order valence-corrected chi connectivity index (χ4v) is 4.14. The molecular weight excluding hydrogens is 348 g/mol. The van der Waals surface area contributed by atoms with Gasteiger partial charge in [0.05, 0.1) is 18.8 Å². The zero-order valence-electron chi connectivity index (χ0n) is 14.4. The maximum Gasteiger partial charge on any atom is 0.277 e. The SMILES string of the molecule is O=C1C(c2cccs2)=C(N2CCOCC2)C(=O)N1CCc1ccccc1. The summed E-state index contributed by atoms with van der Waals surface area (Å²) in [6.07, 6.45) is 0.659. The average molecular weight is 368 g/mol. The molecule has 0 saturated carbocycles. The molecule has 0 bridgehead atoms. The highest BCUT2D eigenvalue weighted by Crippen LogP contribution is 2.34. The summed E-state index contributed by atoms with van der Waals surface area (Å²) in [5, 5.41) is 1.93. The number of hydrogen-bond donors (Lipinski definition) is 0. The van der Waals surface area contributed by atoms with Gasteiger partial charge in [-0.2, -0.15) is 0 Å². The van der Waals surface area contributed by atoms with Crippen LogP contribution < -0.4 is 0 Å². The van der Waals surface area contributed by atoms with Crippen molar-refractivity contribution in [1.82, 2.24) is 9.80 Å². The molecule has 2 aliphatic rings. The van der Waals surface area contributed by atoms with Gasteiger partial charge in [-0.05, 0) is 23.4 Å². The number of rotatable bonds is 5. The normalized spacial score (nSPS) is 18.2. The summed E-state index contributed by atoms with van der Waals surface area (Å²) >= 11 is 1.49. The van der Waals surface area contributed by atoms with Crippen LogP contribution in [-0.4, -0.2) is 54.5 Å². The van der Waals surface area contributed by atoms with Gasteiger partial charge in [0.15, 0.2) is 0 Å². The largest absolute Gasteiger partial charge is 0.378 e. The third-order valence-corrected chi connectivity index (χ3v) is 5.59. The third kappa shape index (κ3) is 3.18. The Balaban J connectivity index is 1.62. The Morgan fingerprint density at radius 3 is 2.42 bits per heavy atom. The van der Waals surface area contributed by atoms with E-state index >= 15 is 0 Å². The molecule has 0 unspecified atom stereocenters. The van der Waals surface area contributed by atoms with Crippen molar-refractivity contribution >= 4 is 28.7 Å². The lowest BCUT2D eigenvalue weighted by Gasteiger charge is -2.29. The Bertz CT molecular complexity index is 824. The standard InChI is InChI=1S/C20H20N2O3S/c23-19-17(16-7-4-14-26-16)18(21-10-12-25-13-11-21)20(24)22(19)9-8-15-5-2-1-3-6-15/h1-7,14H,8-13H2. The molecule has 5 nitrogen and oxygen atoms in total. The molecule has 1 aromatic carbocycles. The number of nitrogens with zero attached hydrogens (tertiary/aromatic N) is 2. The van der Waals surface area contributed by atoms with Gasteiger partial charge in [0.1, 0.15) is 5.70 Å². The van der Waals surface area contributed by atoms with Crippen LogP contribution in [0, 0.1) is 0 Å². The molecule has 2 aromatic rings. The van der Waals surface area contributed by atoms with Crippen molar-refractivity contribution in [3.8, 4) is 0 Å². The summed E-state index contributed by atoms with van der Waals surface area (Å²) in [6.45, 7) is 2.81. The van der Waals surface area contributed by atoms with E-state index in [4.69, 9.17) is 4.74 Å². The highest BCUT2D eigenvalue weighted by Gasteiger charge is 2.41. The molecule has 2 amide bonds. The Morgan fingerprint density at radius 1 is 0.962 bits per heavy atom. The van der Waals surface area contributed by atoms with Gasteiger partial charge in [0.2, 0.25) is 0 Å². The molecule has 1 fully saturated rings. The van der Waals surface area contributed by atoms with Crippen LogP contribution >= 0.6 is 11.3 Å². The molecule has 0 N–H and O–H groups in total. The minimum absolute atomic E-state index is 0.184. The first-order valence-electron chi connectivity index (χ1n) is 8.76. The Kier molecular flexibility index (Phi) is 4.86. The van der Waals surface area contributed by atoms with E-state index < -0.39 is 0 Å². The van der Waals surface area contributed by atoms with E-state index in [1.165, 1.54) is 16.2 Å². The van der Waals surface area contributed by atoms with Crippen molar-refractivity contribution < 1.29 is 14.3 Å². The molecule has 26 heavy (non-hydrogen) atoms. The first kappa shape index (κ1) is 17.0. The van der Waals surface area contributed by atoms with E-state index in [2.05, 4.69) is 0 Å². The third-order valence-electron chi connectivity index (χ3n) is 4.71. The number of hydrogen-bond acceptors (Lipinski definition) is 5. The second kappa shape index (κ2) is 7.43. The van der Waals surface area contributed by atoms with E-state index in [-0.39, 0.29) is 11.8 Å². The van der Waals surface area contributed by atoms with Gasteiger partial charge < -0.3 is 9.64 Å². The summed E-state index contributed by atoms with van der Waals surface area (Å²) in [5.74, 6) is -0.369. The first-order chi connectivity index (χ1) is 12.8. The number of amides is 2. The van der Waals surface area contributed by atoms with Crippen LogP contribution in [0.1, 0.15) is 10.4 Å². The fourth-order valence-electron chi connectivity index (χ4n) is 3.38. The van der Waals surface area contributed by atoms with Gasteiger partial charge in [-0.15, -0.1) is 11.3 Å². The van der Waals surface area contributed by atoms with E-state index in [1.807, 2.05) is 52.7 Å². The number of morpholine rings is 1. The molecule has 0 atom stereocenters. The smallest absolute Gasteiger partial charge is 0.277 e. The van der Waals surface area contributed by atoms with Crippen LogP contribution in [0.25, 0.3) is 5.57 Å². The maximum atomic E-state index is 13.1. The summed E-state index contributed by atoms with van der Waals surface area (Å²) in [4.78, 5) is 30.4. The quantitative estimate of drug-likeness (QED) is 0.761. The Hall–Kier alpha value is -2.44. The van der Waals surface area contributed by atoms with Crippen molar-refractivity contribution in [2.75, 3.05) is 32.8 Å². The molecule has 0 spiro atoms. The van der Waals surface area contributed by atoms with Crippen LogP contribution in [0.5, 0.6) is 0 Å². The lowest BCUT2D eigenvalue weighted by molar-refractivity contribution is -0.137. The number of imide groups is 1. The topological polar surface area (TPSA) is 49.9 Å². The summed E-state index contributed by atoms with van der Waals surface area (Å²) in [7, 11) is 0. The second-order valence-electron chi connectivity index (χ2n) is 6.30. The number of thiophene rings is 1. The van der Waals surface area contributed by atoms with Crippen molar-refractivity contribution in [3.05, 3.63) is 64.0 Å². The highest BCUT2D eigenvalue weighted by molar-refractivity contribution is 7.11. The zero-order chi connectivity index (χ0) is 17.9. The van der Waals surface area contributed by atoms with Crippen LogP contribution in [0.4, 0.5) is 0 Å². The van der Waals surface area contributed by atoms with Crippen molar-refractivity contribution in [3.63, 3.8) is 0 Å². The number of ether oxygens (including phenoxy) is 1. The molecule has 0 aliphatic carbocycles. The molecule has 134 valence electrons. The Morgan fingerprint density at radius 2 is 1.73 bits per heavy atom. The van der Waals surface area contributed by atoms with Crippen molar-refractivity contribution in [2.45, 2.75) is 6.42 Å². The lowest BCUT2D eigenvalue weighted by atomic mass is 10.1. The van der Waals surface area contributed by atoms with Crippen LogP contribution in [0.15, 0.2) is 53.5 Å². The molecule has 3 heterocycles. The van der Waals surface area contributed by atoms with Gasteiger partial charge in [-0.1, -0.05) is 36.4 Å². The van der Waals surface area contributed by atoms with Crippen LogP contribution in [-0.2, 0) is 20.7 Å². The fraction of sp³-hybridized carbons (Fsp3) is 0.300. The number of carbonyl (C=O) groups excluding carboxylic acids is 2. The molecule has 1 saturated heterocycles. The molecule has 0 radical (unpaired) electrons. The lowest BCUT2D eigenvalue weighted by Crippen LogP contribution is -2.40. The van der Waals surface area contributed by atoms with E-state index in [9.17, 15) is 9.59 Å². The summed E-state index contributed by atoms with van der Waals surface area (Å²) < 4.78 is 5.41. The highest BCUT2D eigenvalue weighted by atomic mass is 32.1. The van der Waals surface area contributed by atoms with Crippen molar-refractivity contribution in [1.29, 1.82) is 0 Å². The summed E-state index contributed by atoms with van der Waals surface area (Å²) in [6, 6.07) is 13.8. The predicted molar refractivity (Wildman–Crippen MR) is 100 cm³/mol. The number of benzene rings is 1.